The minimum Gasteiger partial charge on any atom is -0.481 e. The second kappa shape index (κ2) is 12.2. The molecule has 4 fully saturated rings. The van der Waals surface area contributed by atoms with Crippen molar-refractivity contribution in [2.45, 2.75) is 94.9 Å². The van der Waals surface area contributed by atoms with E-state index >= 15 is 0 Å². The van der Waals surface area contributed by atoms with Crippen LogP contribution in [0.3, 0.4) is 0 Å². The molecule has 4 amide bonds. The number of carbonyl (C=O) groups is 5. The van der Waals surface area contributed by atoms with Crippen LogP contribution in [0, 0.1) is 11.8 Å². The average molecular weight is 521 g/mol. The van der Waals surface area contributed by atoms with Crippen molar-refractivity contribution in [1.29, 1.82) is 0 Å². The lowest BCUT2D eigenvalue weighted by Gasteiger charge is -2.39. The number of hydrogen-bond donors (Lipinski definition) is 3. The predicted molar refractivity (Wildman–Crippen MR) is 132 cm³/mol. The number of nitrogens with one attached hydrogen (secondary N) is 2. The second-order valence-electron chi connectivity index (χ2n) is 11.1. The Morgan fingerprint density at radius 2 is 1.73 bits per heavy atom. The monoisotopic (exact) mass is 520 g/mol. The van der Waals surface area contributed by atoms with Crippen molar-refractivity contribution in [2.24, 2.45) is 11.8 Å². The molecule has 11 nitrogen and oxygen atoms in total. The first kappa shape index (κ1) is 27.3. The van der Waals surface area contributed by atoms with Crippen molar-refractivity contribution in [1.82, 2.24) is 20.4 Å². The quantitative estimate of drug-likeness (QED) is 0.426. The molecule has 11 heteroatoms. The first-order valence-electron chi connectivity index (χ1n) is 13.7. The van der Waals surface area contributed by atoms with Crippen molar-refractivity contribution in [3.05, 3.63) is 0 Å². The smallest absolute Gasteiger partial charge is 0.305 e. The van der Waals surface area contributed by atoms with Crippen molar-refractivity contribution in [2.75, 3.05) is 26.7 Å². The highest BCUT2D eigenvalue weighted by Gasteiger charge is 2.44. The average Bonchev–Trinajstić information content (AvgIpc) is 3.39. The Kier molecular flexibility index (Phi) is 9.04. The number of rotatable bonds is 8. The molecule has 2 aliphatic heterocycles. The molecule has 4 atom stereocenters. The molecule has 0 aromatic heterocycles. The number of carboxylic acid groups (broad SMARTS) is 1. The molecule has 2 heterocycles. The van der Waals surface area contributed by atoms with E-state index in [0.717, 1.165) is 38.5 Å². The molecule has 2 saturated carbocycles. The fourth-order valence-corrected chi connectivity index (χ4v) is 6.34. The lowest BCUT2D eigenvalue weighted by atomic mass is 9.79. The summed E-state index contributed by atoms with van der Waals surface area (Å²) in [6.45, 7) is 0.544. The molecule has 2 saturated heterocycles. The largest absolute Gasteiger partial charge is 0.481 e. The number of carboxylic acids is 1. The van der Waals surface area contributed by atoms with Gasteiger partial charge in [-0.25, -0.2) is 0 Å². The fraction of sp³-hybridized carbons (Fsp3) is 0.808. The Hall–Kier alpha value is -2.69. The fourth-order valence-electron chi connectivity index (χ4n) is 6.34. The van der Waals surface area contributed by atoms with Crippen molar-refractivity contribution >= 4 is 29.6 Å². The summed E-state index contributed by atoms with van der Waals surface area (Å²) in [7, 11) is 1.70. The second-order valence-corrected chi connectivity index (χ2v) is 11.1. The van der Waals surface area contributed by atoms with Crippen LogP contribution in [-0.2, 0) is 28.7 Å². The van der Waals surface area contributed by atoms with Crippen LogP contribution in [0.1, 0.15) is 70.6 Å². The van der Waals surface area contributed by atoms with Crippen LogP contribution in [0.5, 0.6) is 0 Å². The van der Waals surface area contributed by atoms with E-state index in [4.69, 9.17) is 9.84 Å². The summed E-state index contributed by atoms with van der Waals surface area (Å²) in [5, 5.41) is 15.2. The first-order chi connectivity index (χ1) is 17.7. The van der Waals surface area contributed by atoms with Crippen LogP contribution in [0.15, 0.2) is 0 Å². The normalized spacial score (nSPS) is 32.5. The molecule has 4 aliphatic rings. The van der Waals surface area contributed by atoms with Gasteiger partial charge in [0.1, 0.15) is 6.10 Å². The molecule has 4 unspecified atom stereocenters. The molecule has 2 aliphatic carbocycles. The minimum atomic E-state index is -1.01. The highest BCUT2D eigenvalue weighted by Crippen LogP contribution is 2.33. The third-order valence-corrected chi connectivity index (χ3v) is 8.51. The van der Waals surface area contributed by atoms with Crippen LogP contribution < -0.4 is 10.6 Å². The Bertz CT molecular complexity index is 882. The standard InChI is InChI=1S/C26H40N4O7/c1-29-20-9-8-18(14-19(20)26(36)30(15-23(29)32)11-10-24(33)34)27-22(31)13-16-4-6-17(7-5-16)28-25(35)21-3-2-12-37-21/h16-21H,2-15H2,1H3,(H,27,31)(H,28,35)(H,33,34). The van der Waals surface area contributed by atoms with Crippen LogP contribution in [0.2, 0.25) is 0 Å². The van der Waals surface area contributed by atoms with Gasteiger partial charge in [0.15, 0.2) is 0 Å². The third kappa shape index (κ3) is 7.00. The maximum absolute atomic E-state index is 13.2. The molecular formula is C26H40N4O7. The molecule has 0 bridgehead atoms. The van der Waals surface area contributed by atoms with Gasteiger partial charge < -0.3 is 30.3 Å². The van der Waals surface area contributed by atoms with Gasteiger partial charge in [-0.3, -0.25) is 24.0 Å². The van der Waals surface area contributed by atoms with Crippen LogP contribution >= 0.6 is 0 Å². The Labute approximate surface area is 217 Å². The minimum absolute atomic E-state index is 0.00476. The molecular weight excluding hydrogens is 480 g/mol. The van der Waals surface area contributed by atoms with Gasteiger partial charge in [0, 0.05) is 44.7 Å². The zero-order valence-electron chi connectivity index (χ0n) is 21.7. The van der Waals surface area contributed by atoms with Gasteiger partial charge >= 0.3 is 5.97 Å². The van der Waals surface area contributed by atoms with Crippen LogP contribution in [0.4, 0.5) is 0 Å². The van der Waals surface area contributed by atoms with Gasteiger partial charge in [0.25, 0.3) is 0 Å². The molecule has 0 radical (unpaired) electrons. The summed E-state index contributed by atoms with van der Waals surface area (Å²) in [5.74, 6) is -1.63. The highest BCUT2D eigenvalue weighted by atomic mass is 16.5. The van der Waals surface area contributed by atoms with E-state index in [2.05, 4.69) is 10.6 Å². The van der Waals surface area contributed by atoms with Crippen LogP contribution in [-0.4, -0.2) is 95.5 Å². The molecule has 0 aromatic carbocycles. The van der Waals surface area contributed by atoms with Crippen molar-refractivity contribution < 1.29 is 33.8 Å². The van der Waals surface area contributed by atoms with E-state index in [9.17, 15) is 24.0 Å². The zero-order chi connectivity index (χ0) is 26.5. The first-order valence-corrected chi connectivity index (χ1v) is 13.7. The van der Waals surface area contributed by atoms with Crippen molar-refractivity contribution in [3.8, 4) is 0 Å². The van der Waals surface area contributed by atoms with Gasteiger partial charge in [-0.15, -0.1) is 0 Å². The van der Waals surface area contributed by atoms with E-state index in [-0.39, 0.29) is 73.3 Å². The number of carbonyl (C=O) groups excluding carboxylic acids is 4. The summed E-state index contributed by atoms with van der Waals surface area (Å²) < 4.78 is 5.46. The highest BCUT2D eigenvalue weighted by molar-refractivity contribution is 5.89. The summed E-state index contributed by atoms with van der Waals surface area (Å²) in [5.41, 5.74) is 0. The Morgan fingerprint density at radius 3 is 2.41 bits per heavy atom. The zero-order valence-corrected chi connectivity index (χ0v) is 21.7. The van der Waals surface area contributed by atoms with Crippen molar-refractivity contribution in [3.63, 3.8) is 0 Å². The van der Waals surface area contributed by atoms with E-state index < -0.39 is 11.9 Å². The molecule has 206 valence electrons. The number of amides is 4. The van der Waals surface area contributed by atoms with Gasteiger partial charge in [0.05, 0.1) is 18.9 Å². The van der Waals surface area contributed by atoms with Gasteiger partial charge in [0.2, 0.25) is 23.6 Å². The SMILES string of the molecule is CN1C(=O)CN(CCC(=O)O)C(=O)C2CC(NC(=O)CC3CCC(NC(=O)C4CCCO4)CC3)CCC21. The summed E-state index contributed by atoms with van der Waals surface area (Å²) in [4.78, 5) is 65.0. The number of nitrogens with zero attached hydrogens (tertiary/aromatic N) is 2. The summed E-state index contributed by atoms with van der Waals surface area (Å²) in [6, 6.07) is -0.248. The number of fused-ring (bicyclic) bond motifs is 1. The van der Waals surface area contributed by atoms with E-state index in [1.165, 1.54) is 4.90 Å². The number of hydrogen-bond acceptors (Lipinski definition) is 6. The summed E-state index contributed by atoms with van der Waals surface area (Å²) >= 11 is 0. The third-order valence-electron chi connectivity index (χ3n) is 8.51. The van der Waals surface area contributed by atoms with E-state index in [1.807, 2.05) is 0 Å². The van der Waals surface area contributed by atoms with Gasteiger partial charge in [-0.05, 0) is 63.7 Å². The molecule has 0 spiro atoms. The molecule has 3 N–H and O–H groups in total. The van der Waals surface area contributed by atoms with Gasteiger partial charge in [-0.1, -0.05) is 0 Å². The molecule has 0 aromatic rings. The Morgan fingerprint density at radius 1 is 1.00 bits per heavy atom. The van der Waals surface area contributed by atoms with E-state index in [1.54, 1.807) is 11.9 Å². The lowest BCUT2D eigenvalue weighted by molar-refractivity contribution is -0.141. The number of ether oxygens (including phenoxy) is 1. The maximum atomic E-state index is 13.2. The van der Waals surface area contributed by atoms with Gasteiger partial charge in [-0.2, -0.15) is 0 Å². The van der Waals surface area contributed by atoms with E-state index in [0.29, 0.717) is 32.3 Å². The Balaban J connectivity index is 1.24. The molecule has 37 heavy (non-hydrogen) atoms. The lowest BCUT2D eigenvalue weighted by Crippen LogP contribution is -2.51. The molecule has 4 rings (SSSR count). The predicted octanol–water partition coefficient (Wildman–Crippen LogP) is 0.659. The maximum Gasteiger partial charge on any atom is 0.305 e. The number of aliphatic carboxylic acids is 1. The number of likely N-dealkylation sites (N-methyl/N-ethyl adjacent to an activating group) is 1. The summed E-state index contributed by atoms with van der Waals surface area (Å²) in [6.07, 6.45) is 6.81. The topological polar surface area (TPSA) is 145 Å². The van der Waals surface area contributed by atoms with Crippen LogP contribution in [0.25, 0.3) is 0 Å².